The van der Waals surface area contributed by atoms with Gasteiger partial charge in [-0.25, -0.2) is 0 Å². The molecule has 0 aromatic heterocycles. The fourth-order valence-electron chi connectivity index (χ4n) is 1.77. The van der Waals surface area contributed by atoms with Gasteiger partial charge in [0.2, 0.25) is 0 Å². The summed E-state index contributed by atoms with van der Waals surface area (Å²) >= 11 is 0. The molecule has 1 aromatic carbocycles. The third-order valence-corrected chi connectivity index (χ3v) is 2.77. The number of nitrogens with one attached hydrogen (secondary N) is 1. The molecule has 0 aliphatic rings. The van der Waals surface area contributed by atoms with Crippen molar-refractivity contribution < 1.29 is 9.59 Å². The number of Topliss-reactive ketones (excluding diaryl/α,β-unsaturated/α-hetero) is 2. The van der Waals surface area contributed by atoms with Gasteiger partial charge in [0.1, 0.15) is 0 Å². The van der Waals surface area contributed by atoms with Gasteiger partial charge in [0.05, 0.1) is 0 Å². The van der Waals surface area contributed by atoms with Crippen molar-refractivity contribution >= 4 is 17.3 Å². The summed E-state index contributed by atoms with van der Waals surface area (Å²) < 4.78 is 0. The van der Waals surface area contributed by atoms with Crippen molar-refractivity contribution in [2.75, 3.05) is 11.9 Å². The predicted octanol–water partition coefficient (Wildman–Crippen LogP) is 3.55. The van der Waals surface area contributed by atoms with Crippen molar-refractivity contribution in [2.24, 2.45) is 5.92 Å². The lowest BCUT2D eigenvalue weighted by Crippen LogP contribution is -2.10. The van der Waals surface area contributed by atoms with Crippen LogP contribution in [0.25, 0.3) is 0 Å². The fourth-order valence-corrected chi connectivity index (χ4v) is 1.77. The van der Waals surface area contributed by atoms with Crippen LogP contribution >= 0.6 is 0 Å². The lowest BCUT2D eigenvalue weighted by Gasteiger charge is -2.10. The van der Waals surface area contributed by atoms with Crippen LogP contribution in [-0.2, 0) is 0 Å². The summed E-state index contributed by atoms with van der Waals surface area (Å²) in [4.78, 5) is 23.8. The zero-order chi connectivity index (χ0) is 13.7. The molecule has 18 heavy (non-hydrogen) atoms. The standard InChI is InChI=1S/C15H21NO2/c1-5-14(17)11-7-12(15(18)10(3)4)9-13(8-11)16-6-2/h7-10,16H,5-6H2,1-4H3. The number of benzene rings is 1. The molecule has 0 radical (unpaired) electrons. The Kier molecular flexibility index (Phi) is 5.08. The van der Waals surface area contributed by atoms with Gasteiger partial charge in [-0.2, -0.15) is 0 Å². The normalized spacial score (nSPS) is 10.5. The Morgan fingerprint density at radius 1 is 1.11 bits per heavy atom. The first-order valence-electron chi connectivity index (χ1n) is 6.45. The summed E-state index contributed by atoms with van der Waals surface area (Å²) in [7, 11) is 0. The lowest BCUT2D eigenvalue weighted by molar-refractivity contribution is 0.0939. The Hall–Kier alpha value is -1.64. The van der Waals surface area contributed by atoms with Crippen LogP contribution in [0, 0.1) is 5.92 Å². The van der Waals surface area contributed by atoms with E-state index in [4.69, 9.17) is 0 Å². The van der Waals surface area contributed by atoms with E-state index < -0.39 is 0 Å². The summed E-state index contributed by atoms with van der Waals surface area (Å²) in [5.74, 6) is 0.0684. The second-order valence-electron chi connectivity index (χ2n) is 4.63. The third kappa shape index (κ3) is 3.42. The first-order valence-corrected chi connectivity index (χ1v) is 6.45. The highest BCUT2D eigenvalue weighted by Crippen LogP contribution is 2.19. The average molecular weight is 247 g/mol. The van der Waals surface area contributed by atoms with Crippen LogP contribution in [-0.4, -0.2) is 18.1 Å². The molecular formula is C15H21NO2. The molecule has 0 bridgehead atoms. The Labute approximate surface area is 109 Å². The Morgan fingerprint density at radius 3 is 2.22 bits per heavy atom. The molecule has 0 atom stereocenters. The highest BCUT2D eigenvalue weighted by Gasteiger charge is 2.14. The van der Waals surface area contributed by atoms with Crippen molar-refractivity contribution in [1.29, 1.82) is 0 Å². The van der Waals surface area contributed by atoms with E-state index in [-0.39, 0.29) is 17.5 Å². The second kappa shape index (κ2) is 6.34. The molecule has 1 N–H and O–H groups in total. The molecule has 98 valence electrons. The van der Waals surface area contributed by atoms with Crippen molar-refractivity contribution in [3.8, 4) is 0 Å². The Bertz CT molecular complexity index is 450. The van der Waals surface area contributed by atoms with Crippen LogP contribution in [0.3, 0.4) is 0 Å². The molecular weight excluding hydrogens is 226 g/mol. The molecule has 0 saturated heterocycles. The van der Waals surface area contributed by atoms with Crippen LogP contribution < -0.4 is 5.32 Å². The zero-order valence-electron chi connectivity index (χ0n) is 11.5. The van der Waals surface area contributed by atoms with E-state index in [2.05, 4.69) is 5.32 Å². The quantitative estimate of drug-likeness (QED) is 0.782. The van der Waals surface area contributed by atoms with Crippen LogP contribution in [0.5, 0.6) is 0 Å². The lowest BCUT2D eigenvalue weighted by atomic mass is 9.97. The largest absolute Gasteiger partial charge is 0.385 e. The molecule has 0 aliphatic heterocycles. The molecule has 0 unspecified atom stereocenters. The maximum Gasteiger partial charge on any atom is 0.165 e. The number of hydrogen-bond donors (Lipinski definition) is 1. The maximum absolute atomic E-state index is 12.0. The maximum atomic E-state index is 12.0. The molecule has 0 amide bonds. The second-order valence-corrected chi connectivity index (χ2v) is 4.63. The molecule has 0 fully saturated rings. The molecule has 1 aromatic rings. The number of carbonyl (C=O) groups excluding carboxylic acids is 2. The summed E-state index contributed by atoms with van der Waals surface area (Å²) in [5, 5.41) is 3.16. The number of carbonyl (C=O) groups is 2. The fraction of sp³-hybridized carbons (Fsp3) is 0.467. The molecule has 3 nitrogen and oxygen atoms in total. The summed E-state index contributed by atoms with van der Waals surface area (Å²) in [5.41, 5.74) is 2.06. The summed E-state index contributed by atoms with van der Waals surface area (Å²) in [6.07, 6.45) is 0.449. The van der Waals surface area contributed by atoms with Gasteiger partial charge >= 0.3 is 0 Å². The SMILES string of the molecule is CCNc1cc(C(=O)CC)cc(C(=O)C(C)C)c1. The van der Waals surface area contributed by atoms with Crippen molar-refractivity contribution in [2.45, 2.75) is 34.1 Å². The van der Waals surface area contributed by atoms with Gasteiger partial charge in [0, 0.05) is 35.7 Å². The number of rotatable bonds is 6. The molecule has 0 heterocycles. The van der Waals surface area contributed by atoms with Crippen molar-refractivity contribution in [3.63, 3.8) is 0 Å². The minimum atomic E-state index is -0.0635. The number of ketones is 2. The third-order valence-electron chi connectivity index (χ3n) is 2.77. The van der Waals surface area contributed by atoms with Crippen LogP contribution in [0.15, 0.2) is 18.2 Å². The number of hydrogen-bond acceptors (Lipinski definition) is 3. The number of anilines is 1. The average Bonchev–Trinajstić information content (AvgIpc) is 2.36. The molecule has 1 rings (SSSR count). The van der Waals surface area contributed by atoms with Crippen LogP contribution in [0.4, 0.5) is 5.69 Å². The van der Waals surface area contributed by atoms with Crippen LogP contribution in [0.2, 0.25) is 0 Å². The molecule has 0 spiro atoms. The molecule has 0 saturated carbocycles. The highest BCUT2D eigenvalue weighted by atomic mass is 16.1. The predicted molar refractivity (Wildman–Crippen MR) is 74.4 cm³/mol. The topological polar surface area (TPSA) is 46.2 Å². The van der Waals surface area contributed by atoms with Gasteiger partial charge in [0.25, 0.3) is 0 Å². The van der Waals surface area contributed by atoms with Crippen molar-refractivity contribution in [1.82, 2.24) is 0 Å². The van der Waals surface area contributed by atoms with Gasteiger partial charge in [0.15, 0.2) is 11.6 Å². The van der Waals surface area contributed by atoms with E-state index in [0.29, 0.717) is 17.5 Å². The van der Waals surface area contributed by atoms with Gasteiger partial charge in [-0.3, -0.25) is 9.59 Å². The van der Waals surface area contributed by atoms with Gasteiger partial charge in [-0.15, -0.1) is 0 Å². The van der Waals surface area contributed by atoms with E-state index in [0.717, 1.165) is 12.2 Å². The first kappa shape index (κ1) is 14.4. The zero-order valence-corrected chi connectivity index (χ0v) is 11.5. The Morgan fingerprint density at radius 2 is 1.72 bits per heavy atom. The minimum Gasteiger partial charge on any atom is -0.385 e. The van der Waals surface area contributed by atoms with E-state index >= 15 is 0 Å². The van der Waals surface area contributed by atoms with E-state index in [1.165, 1.54) is 0 Å². The minimum absolute atomic E-state index is 0.0626. The van der Waals surface area contributed by atoms with Gasteiger partial charge in [-0.1, -0.05) is 20.8 Å². The van der Waals surface area contributed by atoms with Gasteiger partial charge in [-0.05, 0) is 25.1 Å². The molecule has 0 aliphatic carbocycles. The monoisotopic (exact) mass is 247 g/mol. The van der Waals surface area contributed by atoms with Gasteiger partial charge < -0.3 is 5.32 Å². The van der Waals surface area contributed by atoms with Crippen LogP contribution in [0.1, 0.15) is 54.8 Å². The first-order chi connectivity index (χ1) is 8.49. The van der Waals surface area contributed by atoms with E-state index in [1.807, 2.05) is 39.8 Å². The van der Waals surface area contributed by atoms with E-state index in [9.17, 15) is 9.59 Å². The highest BCUT2D eigenvalue weighted by molar-refractivity contribution is 6.03. The summed E-state index contributed by atoms with van der Waals surface area (Å²) in [6, 6.07) is 5.33. The Balaban J connectivity index is 3.21. The van der Waals surface area contributed by atoms with Crippen molar-refractivity contribution in [3.05, 3.63) is 29.3 Å². The summed E-state index contributed by atoms with van der Waals surface area (Å²) in [6.45, 7) is 8.30. The van der Waals surface area contributed by atoms with E-state index in [1.54, 1.807) is 6.07 Å². The smallest absolute Gasteiger partial charge is 0.165 e. The molecule has 3 heteroatoms.